The summed E-state index contributed by atoms with van der Waals surface area (Å²) in [5.74, 6) is -1.86. The van der Waals surface area contributed by atoms with Crippen LogP contribution in [0.15, 0.2) is 60.9 Å². The predicted octanol–water partition coefficient (Wildman–Crippen LogP) is 4.93. The van der Waals surface area contributed by atoms with Crippen LogP contribution in [0.3, 0.4) is 0 Å². The first kappa shape index (κ1) is 27.2. The topological polar surface area (TPSA) is 85.4 Å². The summed E-state index contributed by atoms with van der Waals surface area (Å²) in [6.45, 7) is -6.19. The fraction of sp³-hybridized carbons (Fsp3) is 0.292. The van der Waals surface area contributed by atoms with Crippen LogP contribution in [0.2, 0.25) is 5.15 Å². The number of nitrogens with zero attached hydrogens (tertiary/aromatic N) is 2. The third-order valence-corrected chi connectivity index (χ3v) is 5.42. The molecule has 1 aromatic heterocycles. The molecule has 2 atom stereocenters. The highest BCUT2D eigenvalue weighted by Gasteiger charge is 2.23. The van der Waals surface area contributed by atoms with Gasteiger partial charge in [0, 0.05) is 13.0 Å². The molecule has 7 nitrogen and oxygen atoms in total. The Hall–Kier alpha value is -3.44. The van der Waals surface area contributed by atoms with Crippen LogP contribution in [0.25, 0.3) is 0 Å². The number of hydrogen-bond acceptors (Lipinski definition) is 6. The molecule has 0 saturated carbocycles. The number of likely N-dealkylation sites (N-methyl/N-ethyl adjacent to an activating group) is 1. The maximum absolute atomic E-state index is 12.9. The summed E-state index contributed by atoms with van der Waals surface area (Å²) in [7, 11) is 1.53. The van der Waals surface area contributed by atoms with Gasteiger partial charge in [0.05, 0.1) is 18.1 Å². The summed E-state index contributed by atoms with van der Waals surface area (Å²) >= 11 is 5.86. The van der Waals surface area contributed by atoms with Gasteiger partial charge in [-0.3, -0.25) is 9.78 Å². The van der Waals surface area contributed by atoms with Crippen molar-refractivity contribution in [3.05, 3.63) is 82.9 Å². The van der Waals surface area contributed by atoms with Gasteiger partial charge in [0.1, 0.15) is 11.2 Å². The molecule has 3 rings (SSSR count). The molecule has 2 aromatic carbocycles. The van der Waals surface area contributed by atoms with Crippen molar-refractivity contribution in [3.63, 3.8) is 0 Å². The molecule has 36 heavy (non-hydrogen) atoms. The first-order chi connectivity index (χ1) is 17.3. The normalized spacial score (nSPS) is 12.9. The highest BCUT2D eigenvalue weighted by atomic mass is 35.5. The summed E-state index contributed by atoms with van der Waals surface area (Å²) in [5, 5.41) is 5.96. The monoisotopic (exact) mass is 526 g/mol. The Balaban J connectivity index is 1.89. The van der Waals surface area contributed by atoms with E-state index in [2.05, 4.69) is 30.1 Å². The number of carbonyl (C=O) groups is 1. The van der Waals surface area contributed by atoms with Crippen molar-refractivity contribution in [3.8, 4) is 11.5 Å². The van der Waals surface area contributed by atoms with Crippen LogP contribution in [0.4, 0.5) is 17.6 Å². The first-order valence-electron chi connectivity index (χ1n) is 10.8. The maximum Gasteiger partial charge on any atom is 0.387 e. The van der Waals surface area contributed by atoms with Gasteiger partial charge >= 0.3 is 13.2 Å². The Bertz CT molecular complexity index is 1120. The number of rotatable bonds is 12. The summed E-state index contributed by atoms with van der Waals surface area (Å²) in [6.07, 6.45) is 3.09. The van der Waals surface area contributed by atoms with Crippen molar-refractivity contribution < 1.29 is 31.8 Å². The average Bonchev–Trinajstić information content (AvgIpc) is 2.85. The van der Waals surface area contributed by atoms with Crippen molar-refractivity contribution in [1.82, 2.24) is 20.6 Å². The number of halogens is 5. The SMILES string of the molecule is CNC(=O)[C@H](NCC[C@@H](c1ccc(OC(F)F)c(OC(F)F)c1)c1cnc(Cl)cn1)c1ccccc1. The number of alkyl halides is 4. The van der Waals surface area contributed by atoms with E-state index in [0.717, 1.165) is 11.6 Å². The lowest BCUT2D eigenvalue weighted by molar-refractivity contribution is -0.122. The third kappa shape index (κ3) is 7.53. The molecule has 0 saturated heterocycles. The molecular weight excluding hydrogens is 504 g/mol. The average molecular weight is 527 g/mol. The Morgan fingerprint density at radius 2 is 1.64 bits per heavy atom. The van der Waals surface area contributed by atoms with Crippen LogP contribution in [0.1, 0.15) is 35.2 Å². The van der Waals surface area contributed by atoms with Crippen molar-refractivity contribution in [2.24, 2.45) is 0 Å². The molecule has 0 aliphatic heterocycles. The minimum atomic E-state index is -3.25. The fourth-order valence-corrected chi connectivity index (χ4v) is 3.73. The summed E-state index contributed by atoms with van der Waals surface area (Å²) < 4.78 is 60.1. The zero-order valence-corrected chi connectivity index (χ0v) is 19.8. The molecule has 192 valence electrons. The molecule has 0 fully saturated rings. The molecule has 0 unspecified atom stereocenters. The lowest BCUT2D eigenvalue weighted by Crippen LogP contribution is -2.36. The second-order valence-electron chi connectivity index (χ2n) is 7.48. The first-order valence-corrected chi connectivity index (χ1v) is 11.2. The number of ether oxygens (including phenoxy) is 2. The van der Waals surface area contributed by atoms with E-state index in [0.29, 0.717) is 24.2 Å². The molecule has 0 aliphatic rings. The predicted molar refractivity (Wildman–Crippen MR) is 124 cm³/mol. The molecule has 0 radical (unpaired) electrons. The van der Waals surface area contributed by atoms with Crippen LogP contribution in [0.5, 0.6) is 11.5 Å². The molecule has 12 heteroatoms. The number of hydrogen-bond donors (Lipinski definition) is 2. The van der Waals surface area contributed by atoms with Gasteiger partial charge in [-0.1, -0.05) is 48.0 Å². The quantitative estimate of drug-likeness (QED) is 0.325. The van der Waals surface area contributed by atoms with Gasteiger partial charge < -0.3 is 20.1 Å². The minimum absolute atomic E-state index is 0.154. The molecule has 3 aromatic rings. The highest BCUT2D eigenvalue weighted by Crippen LogP contribution is 2.36. The molecule has 0 bridgehead atoms. The van der Waals surface area contributed by atoms with Gasteiger partial charge in [0.25, 0.3) is 0 Å². The van der Waals surface area contributed by atoms with E-state index in [1.807, 2.05) is 30.3 Å². The molecular formula is C24H23ClF4N4O3. The standard InChI is InChI=1S/C24H23ClF4N4O3/c1-30-22(34)21(14-5-3-2-4-6-14)31-10-9-16(17-12-33-20(25)13-32-17)15-7-8-18(35-23(26)27)19(11-15)36-24(28)29/h2-8,11-13,16,21,23-24,31H,9-10H2,1H3,(H,30,34)/t16-,21+/m0/s1. The lowest BCUT2D eigenvalue weighted by Gasteiger charge is -2.22. The second kappa shape index (κ2) is 13.0. The van der Waals surface area contributed by atoms with Gasteiger partial charge in [-0.2, -0.15) is 17.6 Å². The van der Waals surface area contributed by atoms with Gasteiger partial charge in [-0.05, 0) is 36.2 Å². The zero-order chi connectivity index (χ0) is 26.1. The zero-order valence-electron chi connectivity index (χ0n) is 19.0. The Morgan fingerprint density at radius 1 is 0.944 bits per heavy atom. The van der Waals surface area contributed by atoms with Crippen LogP contribution >= 0.6 is 11.6 Å². The smallest absolute Gasteiger partial charge is 0.387 e. The molecule has 2 N–H and O–H groups in total. The van der Waals surface area contributed by atoms with Crippen LogP contribution < -0.4 is 20.1 Å². The Morgan fingerprint density at radius 3 is 2.25 bits per heavy atom. The van der Waals surface area contributed by atoms with Crippen molar-refractivity contribution >= 4 is 17.5 Å². The number of amides is 1. The van der Waals surface area contributed by atoms with E-state index in [-0.39, 0.29) is 11.1 Å². The van der Waals surface area contributed by atoms with Crippen molar-refractivity contribution in [1.29, 1.82) is 0 Å². The van der Waals surface area contributed by atoms with E-state index in [4.69, 9.17) is 11.6 Å². The largest absolute Gasteiger partial charge is 0.431 e. The van der Waals surface area contributed by atoms with E-state index in [9.17, 15) is 22.4 Å². The van der Waals surface area contributed by atoms with Crippen molar-refractivity contribution in [2.75, 3.05) is 13.6 Å². The fourth-order valence-electron chi connectivity index (χ4n) is 3.63. The van der Waals surface area contributed by atoms with Gasteiger partial charge in [-0.15, -0.1) is 0 Å². The number of nitrogens with one attached hydrogen (secondary N) is 2. The van der Waals surface area contributed by atoms with Gasteiger partial charge in [-0.25, -0.2) is 4.98 Å². The van der Waals surface area contributed by atoms with E-state index in [1.54, 1.807) is 0 Å². The molecule has 1 amide bonds. The minimum Gasteiger partial charge on any atom is -0.431 e. The van der Waals surface area contributed by atoms with Crippen LogP contribution in [0, 0.1) is 0 Å². The summed E-state index contributed by atoms with van der Waals surface area (Å²) in [5.41, 5.74) is 1.63. The second-order valence-corrected chi connectivity index (χ2v) is 7.87. The molecule has 0 aliphatic carbocycles. The Labute approximate surface area is 209 Å². The number of benzene rings is 2. The van der Waals surface area contributed by atoms with E-state index >= 15 is 0 Å². The highest BCUT2D eigenvalue weighted by molar-refractivity contribution is 6.29. The number of carbonyl (C=O) groups excluding carboxylic acids is 1. The maximum atomic E-state index is 12.9. The summed E-state index contributed by atoms with van der Waals surface area (Å²) in [6, 6.07) is 12.2. The Kier molecular flexibility index (Phi) is 9.83. The van der Waals surface area contributed by atoms with E-state index in [1.165, 1.54) is 31.6 Å². The van der Waals surface area contributed by atoms with Gasteiger partial charge in [0.2, 0.25) is 5.91 Å². The molecule has 1 heterocycles. The molecule has 0 spiro atoms. The van der Waals surface area contributed by atoms with Crippen molar-refractivity contribution in [2.45, 2.75) is 31.6 Å². The van der Waals surface area contributed by atoms with Crippen LogP contribution in [-0.2, 0) is 4.79 Å². The van der Waals surface area contributed by atoms with E-state index < -0.39 is 36.7 Å². The van der Waals surface area contributed by atoms with Crippen LogP contribution in [-0.4, -0.2) is 42.7 Å². The lowest BCUT2D eigenvalue weighted by atomic mass is 9.92. The van der Waals surface area contributed by atoms with Gasteiger partial charge in [0.15, 0.2) is 11.5 Å². The third-order valence-electron chi connectivity index (χ3n) is 5.22. The number of aromatic nitrogens is 2. The summed E-state index contributed by atoms with van der Waals surface area (Å²) in [4.78, 5) is 20.8.